The summed E-state index contributed by atoms with van der Waals surface area (Å²) in [6.45, 7) is 0. The van der Waals surface area contributed by atoms with Gasteiger partial charge in [0.15, 0.2) is 23.1 Å². The Bertz CT molecular complexity index is 539. The Hall–Kier alpha value is -2.10. The van der Waals surface area contributed by atoms with Gasteiger partial charge in [-0.05, 0) is 23.8 Å². The molecule has 0 unspecified atom stereocenters. The summed E-state index contributed by atoms with van der Waals surface area (Å²) in [5, 5.41) is 18.6. The Labute approximate surface area is 90.4 Å². The maximum absolute atomic E-state index is 13.0. The van der Waals surface area contributed by atoms with Gasteiger partial charge in [-0.1, -0.05) is 12.1 Å². The Morgan fingerprint density at radius 3 is 2.50 bits per heavy atom. The van der Waals surface area contributed by atoms with E-state index in [-0.39, 0.29) is 5.56 Å². The molecule has 0 aromatic heterocycles. The average molecular weight is 221 g/mol. The minimum atomic E-state index is -0.888. The molecule has 0 saturated carbocycles. The first-order valence-electron chi connectivity index (χ1n) is 4.47. The number of halogens is 2. The number of benzene rings is 2. The van der Waals surface area contributed by atoms with Crippen molar-refractivity contribution in [2.75, 3.05) is 0 Å². The van der Waals surface area contributed by atoms with Crippen LogP contribution in [-0.4, -0.2) is 10.2 Å². The predicted octanol–water partition coefficient (Wildman–Crippen LogP) is 2.84. The molecule has 16 heavy (non-hydrogen) atoms. The fourth-order valence-electron chi connectivity index (χ4n) is 1.38. The molecule has 81 valence electrons. The zero-order valence-corrected chi connectivity index (χ0v) is 8.04. The van der Waals surface area contributed by atoms with Crippen molar-refractivity contribution in [1.82, 2.24) is 0 Å². The van der Waals surface area contributed by atoms with Gasteiger partial charge >= 0.3 is 0 Å². The zero-order valence-electron chi connectivity index (χ0n) is 8.04. The Balaban J connectivity index is 2.59. The zero-order chi connectivity index (χ0) is 11.7. The highest BCUT2D eigenvalue weighted by molar-refractivity contribution is 5.71. The summed E-state index contributed by atoms with van der Waals surface area (Å²) in [6.07, 6.45) is 0. The molecule has 0 fully saturated rings. The van der Waals surface area contributed by atoms with Gasteiger partial charge in [-0.2, -0.15) is 0 Å². The van der Waals surface area contributed by atoms with E-state index in [2.05, 4.69) is 6.07 Å². The molecule has 1 radical (unpaired) electrons. The lowest BCUT2D eigenvalue weighted by Gasteiger charge is -2.05. The topological polar surface area (TPSA) is 40.5 Å². The van der Waals surface area contributed by atoms with E-state index in [4.69, 9.17) is 5.11 Å². The maximum atomic E-state index is 13.0. The van der Waals surface area contributed by atoms with Gasteiger partial charge in [0.1, 0.15) is 0 Å². The van der Waals surface area contributed by atoms with Crippen LogP contribution in [0.1, 0.15) is 0 Å². The summed E-state index contributed by atoms with van der Waals surface area (Å²) in [4.78, 5) is 0. The molecule has 0 amide bonds. The second-order valence-corrected chi connectivity index (χ2v) is 3.22. The van der Waals surface area contributed by atoms with Crippen molar-refractivity contribution in [2.45, 2.75) is 0 Å². The van der Waals surface area contributed by atoms with Crippen molar-refractivity contribution in [3.8, 4) is 22.6 Å². The molecule has 0 aliphatic carbocycles. The predicted molar refractivity (Wildman–Crippen MR) is 54.0 cm³/mol. The quantitative estimate of drug-likeness (QED) is 0.777. The normalized spacial score (nSPS) is 10.4. The van der Waals surface area contributed by atoms with Gasteiger partial charge in [-0.3, -0.25) is 0 Å². The Morgan fingerprint density at radius 1 is 1.06 bits per heavy atom. The molecule has 0 aliphatic heterocycles. The first kappa shape index (κ1) is 10.4. The molecule has 4 heteroatoms. The molecule has 2 aromatic rings. The minimum absolute atomic E-state index is 0.173. The van der Waals surface area contributed by atoms with E-state index in [1.165, 1.54) is 18.2 Å². The SMILES string of the molecule is Oc1cc(-c2cc[c]c(F)c2O)ccc1F. The standard InChI is InChI=1S/C12H7F2O2/c13-9-5-4-7(6-11(9)15)8-2-1-3-10(14)12(8)16/h1-2,4-6,15-16H. The molecule has 0 spiro atoms. The second kappa shape index (κ2) is 3.81. The van der Waals surface area contributed by atoms with Crippen molar-refractivity contribution in [1.29, 1.82) is 0 Å². The van der Waals surface area contributed by atoms with Crippen LogP contribution in [-0.2, 0) is 0 Å². The van der Waals surface area contributed by atoms with Crippen molar-refractivity contribution < 1.29 is 19.0 Å². The van der Waals surface area contributed by atoms with E-state index in [1.807, 2.05) is 0 Å². The summed E-state index contributed by atoms with van der Waals surface area (Å²) in [7, 11) is 0. The molecule has 0 saturated heterocycles. The van der Waals surface area contributed by atoms with E-state index in [0.717, 1.165) is 12.1 Å². The van der Waals surface area contributed by atoms with Crippen LogP contribution < -0.4 is 0 Å². The van der Waals surface area contributed by atoms with Gasteiger partial charge in [-0.15, -0.1) is 0 Å². The molecule has 0 bridgehead atoms. The molecule has 0 aliphatic rings. The highest BCUT2D eigenvalue weighted by Crippen LogP contribution is 2.33. The lowest BCUT2D eigenvalue weighted by Crippen LogP contribution is -1.84. The molecular formula is C12H7F2O2. The van der Waals surface area contributed by atoms with Crippen molar-refractivity contribution in [2.24, 2.45) is 0 Å². The van der Waals surface area contributed by atoms with Gasteiger partial charge in [0.05, 0.1) is 0 Å². The Morgan fingerprint density at radius 2 is 1.81 bits per heavy atom. The first-order valence-corrected chi connectivity index (χ1v) is 4.47. The van der Waals surface area contributed by atoms with Crippen LogP contribution in [0.5, 0.6) is 11.5 Å². The average Bonchev–Trinajstić information content (AvgIpc) is 2.26. The van der Waals surface area contributed by atoms with Gasteiger partial charge in [-0.25, -0.2) is 8.78 Å². The summed E-state index contributed by atoms with van der Waals surface area (Å²) in [5.41, 5.74) is 0.496. The van der Waals surface area contributed by atoms with Gasteiger partial charge < -0.3 is 10.2 Å². The molecule has 2 aromatic carbocycles. The third-order valence-corrected chi connectivity index (χ3v) is 2.18. The van der Waals surface area contributed by atoms with Crippen molar-refractivity contribution in [3.05, 3.63) is 48.0 Å². The molecular weight excluding hydrogens is 214 g/mol. The number of hydrogen-bond acceptors (Lipinski definition) is 2. The monoisotopic (exact) mass is 221 g/mol. The largest absolute Gasteiger partial charge is 0.505 e. The molecule has 0 atom stereocenters. The van der Waals surface area contributed by atoms with E-state index >= 15 is 0 Å². The van der Waals surface area contributed by atoms with Crippen LogP contribution in [0.15, 0.2) is 30.3 Å². The van der Waals surface area contributed by atoms with Crippen LogP contribution in [0, 0.1) is 17.7 Å². The van der Waals surface area contributed by atoms with Crippen LogP contribution in [0.2, 0.25) is 0 Å². The fourth-order valence-corrected chi connectivity index (χ4v) is 1.38. The molecule has 2 nitrogen and oxygen atoms in total. The lowest BCUT2D eigenvalue weighted by atomic mass is 10.0. The van der Waals surface area contributed by atoms with Gasteiger partial charge in [0.2, 0.25) is 0 Å². The summed E-state index contributed by atoms with van der Waals surface area (Å²) in [6, 6.07) is 8.39. The number of phenolic OH excluding ortho intramolecular Hbond substituents is 2. The minimum Gasteiger partial charge on any atom is -0.505 e. The fraction of sp³-hybridized carbons (Fsp3) is 0. The summed E-state index contributed by atoms with van der Waals surface area (Å²) >= 11 is 0. The molecule has 2 rings (SSSR count). The molecule has 0 heterocycles. The summed E-state index contributed by atoms with van der Waals surface area (Å²) in [5.74, 6) is -2.79. The second-order valence-electron chi connectivity index (χ2n) is 3.22. The lowest BCUT2D eigenvalue weighted by molar-refractivity contribution is 0.430. The first-order chi connectivity index (χ1) is 7.59. The third-order valence-electron chi connectivity index (χ3n) is 2.18. The number of aromatic hydroxyl groups is 2. The van der Waals surface area contributed by atoms with Crippen LogP contribution in [0.4, 0.5) is 8.78 Å². The highest BCUT2D eigenvalue weighted by atomic mass is 19.1. The van der Waals surface area contributed by atoms with Crippen molar-refractivity contribution in [3.63, 3.8) is 0 Å². The van der Waals surface area contributed by atoms with E-state index < -0.39 is 23.1 Å². The summed E-state index contributed by atoms with van der Waals surface area (Å²) < 4.78 is 25.8. The third kappa shape index (κ3) is 1.69. The van der Waals surface area contributed by atoms with Gasteiger partial charge in [0.25, 0.3) is 0 Å². The number of hydrogen-bond donors (Lipinski definition) is 2. The van der Waals surface area contributed by atoms with E-state index in [1.54, 1.807) is 0 Å². The van der Waals surface area contributed by atoms with Crippen molar-refractivity contribution >= 4 is 0 Å². The van der Waals surface area contributed by atoms with Crippen LogP contribution in [0.25, 0.3) is 11.1 Å². The molecule has 2 N–H and O–H groups in total. The highest BCUT2D eigenvalue weighted by Gasteiger charge is 2.10. The van der Waals surface area contributed by atoms with E-state index in [0.29, 0.717) is 5.56 Å². The van der Waals surface area contributed by atoms with E-state index in [9.17, 15) is 13.9 Å². The smallest absolute Gasteiger partial charge is 0.173 e. The number of phenols is 2. The van der Waals surface area contributed by atoms with Gasteiger partial charge in [0, 0.05) is 11.6 Å². The van der Waals surface area contributed by atoms with Crippen LogP contribution in [0.3, 0.4) is 0 Å². The number of rotatable bonds is 1. The Kier molecular flexibility index (Phi) is 2.48. The van der Waals surface area contributed by atoms with Crippen LogP contribution >= 0.6 is 0 Å². The maximum Gasteiger partial charge on any atom is 0.173 e.